The Morgan fingerprint density at radius 3 is 2.39 bits per heavy atom. The number of aliphatic hydroxyl groups is 3. The molecule has 33 heavy (non-hydrogen) atoms. The highest BCUT2D eigenvalue weighted by atomic mass is 28.4. The van der Waals surface area contributed by atoms with Crippen molar-refractivity contribution in [1.82, 2.24) is 0 Å². The van der Waals surface area contributed by atoms with E-state index in [2.05, 4.69) is 46.9 Å². The summed E-state index contributed by atoms with van der Waals surface area (Å²) in [5.74, 6) is -3.32. The summed E-state index contributed by atoms with van der Waals surface area (Å²) in [4.78, 5) is 13.7. The van der Waals surface area contributed by atoms with E-state index < -0.39 is 50.4 Å². The lowest BCUT2D eigenvalue weighted by Crippen LogP contribution is -2.56. The fourth-order valence-electron chi connectivity index (χ4n) is 4.61. The summed E-state index contributed by atoms with van der Waals surface area (Å²) in [6.07, 6.45) is 2.48. The van der Waals surface area contributed by atoms with Crippen molar-refractivity contribution in [3.8, 4) is 0 Å². The number of carbonyl (C=O) groups is 1. The second-order valence-electron chi connectivity index (χ2n) is 11.6. The Morgan fingerprint density at radius 1 is 1.33 bits per heavy atom. The first-order valence-corrected chi connectivity index (χ1v) is 15.1. The second-order valence-corrected chi connectivity index (χ2v) is 16.3. The molecule has 8 heteroatoms. The minimum atomic E-state index is -2.34. The maximum atomic E-state index is 13.7. The molecule has 2 aliphatic heterocycles. The highest BCUT2D eigenvalue weighted by Crippen LogP contribution is 2.51. The summed E-state index contributed by atoms with van der Waals surface area (Å²) in [6, 6.07) is 0. The van der Waals surface area contributed by atoms with Crippen LogP contribution in [-0.2, 0) is 18.7 Å². The van der Waals surface area contributed by atoms with Crippen molar-refractivity contribution in [1.29, 1.82) is 0 Å². The van der Waals surface area contributed by atoms with Crippen LogP contribution >= 0.6 is 0 Å². The van der Waals surface area contributed by atoms with E-state index in [0.29, 0.717) is 6.42 Å². The summed E-state index contributed by atoms with van der Waals surface area (Å²) in [6.45, 7) is 17.9. The molecule has 0 saturated carbocycles. The van der Waals surface area contributed by atoms with Crippen molar-refractivity contribution < 1.29 is 34.0 Å². The van der Waals surface area contributed by atoms with E-state index in [4.69, 9.17) is 13.9 Å². The fourth-order valence-corrected chi connectivity index (χ4v) is 5.99. The largest absolute Gasteiger partial charge is 0.410 e. The third kappa shape index (κ3) is 5.97. The molecule has 3 unspecified atom stereocenters. The van der Waals surface area contributed by atoms with Crippen LogP contribution in [0.2, 0.25) is 18.1 Å². The van der Waals surface area contributed by atoms with Gasteiger partial charge in [-0.25, -0.2) is 0 Å². The fraction of sp³-hybridized carbons (Fsp3) is 0.880. The first-order valence-electron chi connectivity index (χ1n) is 12.2. The van der Waals surface area contributed by atoms with Crippen molar-refractivity contribution >= 4 is 14.1 Å². The van der Waals surface area contributed by atoms with Gasteiger partial charge in [0.2, 0.25) is 0 Å². The average Bonchev–Trinajstić information content (AvgIpc) is 3.40. The zero-order chi connectivity index (χ0) is 25.4. The van der Waals surface area contributed by atoms with E-state index in [9.17, 15) is 20.1 Å². The maximum Gasteiger partial charge on any atom is 0.192 e. The molecule has 7 nitrogen and oxygen atoms in total. The molecule has 0 amide bonds. The lowest BCUT2D eigenvalue weighted by molar-refractivity contribution is -0.258. The third-order valence-electron chi connectivity index (χ3n) is 8.02. The Labute approximate surface area is 200 Å². The van der Waals surface area contributed by atoms with Gasteiger partial charge in [0.1, 0.15) is 11.4 Å². The van der Waals surface area contributed by atoms with Gasteiger partial charge in [-0.2, -0.15) is 0 Å². The Kier molecular flexibility index (Phi) is 8.82. The summed E-state index contributed by atoms with van der Waals surface area (Å²) < 4.78 is 18.5. The molecule has 192 valence electrons. The van der Waals surface area contributed by atoms with Crippen LogP contribution in [0.25, 0.3) is 0 Å². The number of hydrogen-bond donors (Lipinski definition) is 3. The maximum absolute atomic E-state index is 13.7. The van der Waals surface area contributed by atoms with Crippen LogP contribution in [0.1, 0.15) is 61.3 Å². The molecule has 2 aliphatic rings. The van der Waals surface area contributed by atoms with Crippen molar-refractivity contribution in [2.45, 2.75) is 109 Å². The molecule has 3 N–H and O–H groups in total. The molecule has 0 bridgehead atoms. The van der Waals surface area contributed by atoms with Crippen molar-refractivity contribution in [2.75, 3.05) is 13.2 Å². The highest BCUT2D eigenvalue weighted by molar-refractivity contribution is 6.74. The first-order chi connectivity index (χ1) is 15.1. The average molecular weight is 487 g/mol. The molecular formula is C25H46O7Si. The van der Waals surface area contributed by atoms with Gasteiger partial charge in [-0.3, -0.25) is 4.79 Å². The predicted molar refractivity (Wildman–Crippen MR) is 130 cm³/mol. The Hall–Kier alpha value is -0.613. The molecule has 2 heterocycles. The molecule has 0 aromatic heterocycles. The third-order valence-corrected chi connectivity index (χ3v) is 12.5. The number of rotatable bonds is 10. The molecule has 8 atom stereocenters. The van der Waals surface area contributed by atoms with Gasteiger partial charge in [-0.05, 0) is 38.4 Å². The number of carbonyl (C=O) groups excluding carboxylic acids is 1. The van der Waals surface area contributed by atoms with Crippen molar-refractivity contribution in [3.05, 3.63) is 12.2 Å². The van der Waals surface area contributed by atoms with E-state index >= 15 is 0 Å². The van der Waals surface area contributed by atoms with E-state index in [0.717, 1.165) is 0 Å². The van der Waals surface area contributed by atoms with Crippen molar-refractivity contribution in [3.63, 3.8) is 0 Å². The molecule has 0 aromatic rings. The minimum absolute atomic E-state index is 0.0411. The van der Waals surface area contributed by atoms with Gasteiger partial charge in [-0.15, -0.1) is 0 Å². The minimum Gasteiger partial charge on any atom is -0.410 e. The van der Waals surface area contributed by atoms with Crippen LogP contribution < -0.4 is 0 Å². The van der Waals surface area contributed by atoms with Crippen molar-refractivity contribution in [2.24, 2.45) is 17.8 Å². The Balaban J connectivity index is 2.37. The van der Waals surface area contributed by atoms with Gasteiger partial charge < -0.3 is 29.2 Å². The molecule has 0 aromatic carbocycles. The van der Waals surface area contributed by atoms with Crippen LogP contribution in [0.5, 0.6) is 0 Å². The van der Waals surface area contributed by atoms with E-state index in [1.54, 1.807) is 6.92 Å². The number of hydrogen-bond acceptors (Lipinski definition) is 7. The standard InChI is InChI=1S/C25H46O7Si/c1-10-12-16(3)21-24(7,31-21)22(32-33(8,9)23(4,5)6)17(14-26)20(28)18-15-30-25(29,11-2)13-19(18)27/h10,12,16-19,21-22,26-27,29H,11,13-15H2,1-9H3/b12-10-/t16-,17-,18?,19?,21+,22-,24+,25?/m0/s1. The molecule has 2 rings (SSSR count). The van der Waals surface area contributed by atoms with Gasteiger partial charge in [-0.1, -0.05) is 46.8 Å². The lowest BCUT2D eigenvalue weighted by Gasteiger charge is -2.44. The Morgan fingerprint density at radius 2 is 1.94 bits per heavy atom. The monoisotopic (exact) mass is 486 g/mol. The number of ketones is 1. The van der Waals surface area contributed by atoms with E-state index in [1.165, 1.54) is 0 Å². The summed E-state index contributed by atoms with van der Waals surface area (Å²) in [7, 11) is -2.34. The van der Waals surface area contributed by atoms with E-state index in [1.807, 2.05) is 19.9 Å². The Bertz CT molecular complexity index is 718. The van der Waals surface area contributed by atoms with Crippen LogP contribution in [-0.4, -0.2) is 72.3 Å². The molecule has 0 spiro atoms. The molecule has 0 aliphatic carbocycles. The van der Waals surface area contributed by atoms with Gasteiger partial charge >= 0.3 is 0 Å². The quantitative estimate of drug-likeness (QED) is 0.247. The van der Waals surface area contributed by atoms with Gasteiger partial charge in [0.05, 0.1) is 43.4 Å². The highest BCUT2D eigenvalue weighted by Gasteiger charge is 2.64. The van der Waals surface area contributed by atoms with Crippen LogP contribution in [0.4, 0.5) is 0 Å². The summed E-state index contributed by atoms with van der Waals surface area (Å²) in [5.41, 5.74) is -0.734. The van der Waals surface area contributed by atoms with Gasteiger partial charge in [0.15, 0.2) is 14.1 Å². The number of allylic oxidation sites excluding steroid dienone is 1. The normalized spacial score (nSPS) is 35.9. The van der Waals surface area contributed by atoms with Crippen LogP contribution in [0, 0.1) is 17.8 Å². The second kappa shape index (κ2) is 10.2. The number of Topliss-reactive ketones (excluding diaryl/α,β-unsaturated/α-hetero) is 1. The number of aliphatic hydroxyl groups excluding tert-OH is 2. The number of epoxide rings is 1. The first kappa shape index (κ1) is 28.6. The number of ether oxygens (including phenoxy) is 2. The lowest BCUT2D eigenvalue weighted by atomic mass is 9.78. The summed E-state index contributed by atoms with van der Waals surface area (Å²) in [5, 5.41) is 31.4. The van der Waals surface area contributed by atoms with Gasteiger partial charge in [0.25, 0.3) is 0 Å². The zero-order valence-corrected chi connectivity index (χ0v) is 22.9. The molecule has 2 saturated heterocycles. The topological polar surface area (TPSA) is 109 Å². The van der Waals surface area contributed by atoms with E-state index in [-0.39, 0.29) is 35.9 Å². The smallest absolute Gasteiger partial charge is 0.192 e. The van der Waals surface area contributed by atoms with Crippen LogP contribution in [0.3, 0.4) is 0 Å². The molecule has 0 radical (unpaired) electrons. The summed E-state index contributed by atoms with van der Waals surface area (Å²) >= 11 is 0. The molecular weight excluding hydrogens is 440 g/mol. The zero-order valence-electron chi connectivity index (χ0n) is 21.9. The van der Waals surface area contributed by atoms with Gasteiger partial charge in [0, 0.05) is 12.3 Å². The van der Waals surface area contributed by atoms with Crippen LogP contribution in [0.15, 0.2) is 12.2 Å². The predicted octanol–water partition coefficient (Wildman–Crippen LogP) is 3.42. The SMILES string of the molecule is C/C=C\[C@H](C)[C@H]1O[C@@]1(C)[C@@H](O[Si](C)(C)C(C)(C)C)[C@@H](CO)C(=O)C1COC(O)(CC)CC1O. The molecule has 2 fully saturated rings.